The minimum Gasteiger partial charge on any atom is -0.397 e. The topological polar surface area (TPSA) is 74.7 Å². The molecule has 0 atom stereocenters. The molecular weight excluding hydrogens is 224 g/mol. The number of aryl methyl sites for hydroxylation is 2. The van der Waals surface area contributed by atoms with Crippen LogP contribution in [0.1, 0.15) is 16.8 Å². The molecule has 0 saturated heterocycles. The Morgan fingerprint density at radius 3 is 2.67 bits per heavy atom. The Morgan fingerprint density at radius 2 is 2.00 bits per heavy atom. The maximum atomic E-state index is 9.15. The van der Waals surface area contributed by atoms with Crippen LogP contribution in [0.3, 0.4) is 0 Å². The van der Waals surface area contributed by atoms with E-state index in [1.165, 1.54) is 0 Å². The van der Waals surface area contributed by atoms with Crippen molar-refractivity contribution in [3.8, 4) is 6.07 Å². The van der Waals surface area contributed by atoms with Crippen LogP contribution >= 0.6 is 0 Å². The van der Waals surface area contributed by atoms with Crippen molar-refractivity contribution in [2.75, 3.05) is 11.1 Å². The van der Waals surface area contributed by atoms with E-state index in [1.807, 2.05) is 32.0 Å². The highest BCUT2D eigenvalue weighted by atomic mass is 15.0. The minimum atomic E-state index is 0.633. The third kappa shape index (κ3) is 2.25. The molecule has 0 bridgehead atoms. The van der Waals surface area contributed by atoms with E-state index in [9.17, 15) is 0 Å². The lowest BCUT2D eigenvalue weighted by Crippen LogP contribution is -2.00. The fourth-order valence-electron chi connectivity index (χ4n) is 1.70. The molecule has 0 saturated carbocycles. The third-order valence-electron chi connectivity index (χ3n) is 2.77. The Hall–Kier alpha value is -2.54. The molecule has 2 aromatic rings. The Labute approximate surface area is 106 Å². The molecule has 0 aliphatic heterocycles. The molecule has 0 aliphatic rings. The van der Waals surface area contributed by atoms with Crippen molar-refractivity contribution in [1.29, 1.82) is 5.26 Å². The zero-order chi connectivity index (χ0) is 13.1. The molecule has 1 aromatic carbocycles. The summed E-state index contributed by atoms with van der Waals surface area (Å²) in [4.78, 5) is 4.33. The highest BCUT2D eigenvalue weighted by Crippen LogP contribution is 2.22. The standard InChI is InChI=1S/C14H14N4/c1-9-4-3-5-13(11(9)8-15)18-14-7-6-12(16)10(2)17-14/h3-7H,16H2,1-2H3,(H,17,18). The Morgan fingerprint density at radius 1 is 1.22 bits per heavy atom. The van der Waals surface area contributed by atoms with Gasteiger partial charge in [-0.1, -0.05) is 12.1 Å². The van der Waals surface area contributed by atoms with Gasteiger partial charge in [0.2, 0.25) is 0 Å². The fraction of sp³-hybridized carbons (Fsp3) is 0.143. The Kier molecular flexibility index (Phi) is 3.16. The predicted octanol–water partition coefficient (Wildman–Crippen LogP) is 2.90. The van der Waals surface area contributed by atoms with Gasteiger partial charge in [0, 0.05) is 0 Å². The molecule has 0 unspecified atom stereocenters. The van der Waals surface area contributed by atoms with Gasteiger partial charge in [0.1, 0.15) is 11.9 Å². The van der Waals surface area contributed by atoms with Gasteiger partial charge in [0.15, 0.2) is 0 Å². The van der Waals surface area contributed by atoms with E-state index in [0.717, 1.165) is 16.9 Å². The zero-order valence-corrected chi connectivity index (χ0v) is 10.4. The van der Waals surface area contributed by atoms with E-state index < -0.39 is 0 Å². The number of nitrogen functional groups attached to an aromatic ring is 1. The second kappa shape index (κ2) is 4.76. The van der Waals surface area contributed by atoms with Crippen LogP contribution < -0.4 is 11.1 Å². The van der Waals surface area contributed by atoms with Crippen molar-refractivity contribution >= 4 is 17.2 Å². The van der Waals surface area contributed by atoms with Crippen LogP contribution in [0.4, 0.5) is 17.2 Å². The van der Waals surface area contributed by atoms with Crippen LogP contribution in [0, 0.1) is 25.2 Å². The molecular formula is C14H14N4. The lowest BCUT2D eigenvalue weighted by atomic mass is 10.1. The van der Waals surface area contributed by atoms with Crippen LogP contribution in [0.2, 0.25) is 0 Å². The molecule has 4 heteroatoms. The first-order chi connectivity index (χ1) is 8.61. The molecule has 4 nitrogen and oxygen atoms in total. The van der Waals surface area contributed by atoms with Gasteiger partial charge in [-0.15, -0.1) is 0 Å². The molecule has 2 rings (SSSR count). The van der Waals surface area contributed by atoms with Gasteiger partial charge < -0.3 is 11.1 Å². The monoisotopic (exact) mass is 238 g/mol. The van der Waals surface area contributed by atoms with Crippen molar-refractivity contribution < 1.29 is 0 Å². The highest BCUT2D eigenvalue weighted by Gasteiger charge is 2.06. The van der Waals surface area contributed by atoms with E-state index >= 15 is 0 Å². The maximum Gasteiger partial charge on any atom is 0.130 e. The van der Waals surface area contributed by atoms with Crippen molar-refractivity contribution in [1.82, 2.24) is 4.98 Å². The number of hydrogen-bond donors (Lipinski definition) is 2. The molecule has 0 radical (unpaired) electrons. The van der Waals surface area contributed by atoms with Crippen molar-refractivity contribution in [3.05, 3.63) is 47.2 Å². The summed E-state index contributed by atoms with van der Waals surface area (Å²) in [5, 5.41) is 12.3. The van der Waals surface area contributed by atoms with Gasteiger partial charge in [-0.3, -0.25) is 0 Å². The van der Waals surface area contributed by atoms with Crippen molar-refractivity contribution in [2.45, 2.75) is 13.8 Å². The van der Waals surface area contributed by atoms with Crippen LogP contribution in [-0.4, -0.2) is 4.98 Å². The average Bonchev–Trinajstić information content (AvgIpc) is 2.34. The zero-order valence-electron chi connectivity index (χ0n) is 10.4. The normalized spacial score (nSPS) is 9.83. The molecule has 18 heavy (non-hydrogen) atoms. The summed E-state index contributed by atoms with van der Waals surface area (Å²) < 4.78 is 0. The Balaban J connectivity index is 2.37. The van der Waals surface area contributed by atoms with Gasteiger partial charge >= 0.3 is 0 Å². The van der Waals surface area contributed by atoms with Gasteiger partial charge in [-0.2, -0.15) is 5.26 Å². The number of aromatic nitrogens is 1. The smallest absolute Gasteiger partial charge is 0.130 e. The SMILES string of the molecule is Cc1cccc(Nc2ccc(N)c(C)n2)c1C#N. The summed E-state index contributed by atoms with van der Waals surface area (Å²) in [7, 11) is 0. The van der Waals surface area contributed by atoms with Gasteiger partial charge in [-0.25, -0.2) is 4.98 Å². The van der Waals surface area contributed by atoms with Crippen molar-refractivity contribution in [3.63, 3.8) is 0 Å². The van der Waals surface area contributed by atoms with Gasteiger partial charge in [0.25, 0.3) is 0 Å². The third-order valence-corrected chi connectivity index (χ3v) is 2.77. The lowest BCUT2D eigenvalue weighted by molar-refractivity contribution is 1.20. The van der Waals surface area contributed by atoms with Gasteiger partial charge in [0.05, 0.1) is 22.6 Å². The van der Waals surface area contributed by atoms with E-state index in [2.05, 4.69) is 16.4 Å². The summed E-state index contributed by atoms with van der Waals surface area (Å²) >= 11 is 0. The average molecular weight is 238 g/mol. The number of nitrogens with two attached hydrogens (primary N) is 1. The number of nitrogens with one attached hydrogen (secondary N) is 1. The first kappa shape index (κ1) is 11.9. The molecule has 90 valence electrons. The molecule has 3 N–H and O–H groups in total. The first-order valence-electron chi connectivity index (χ1n) is 5.61. The predicted molar refractivity (Wildman–Crippen MR) is 72.6 cm³/mol. The largest absolute Gasteiger partial charge is 0.397 e. The number of pyridine rings is 1. The van der Waals surface area contributed by atoms with Crippen LogP contribution in [0.15, 0.2) is 30.3 Å². The number of anilines is 3. The van der Waals surface area contributed by atoms with E-state index in [0.29, 0.717) is 17.1 Å². The summed E-state index contributed by atoms with van der Waals surface area (Å²) in [6, 6.07) is 11.5. The molecule has 0 aliphatic carbocycles. The minimum absolute atomic E-state index is 0.633. The summed E-state index contributed by atoms with van der Waals surface area (Å²) in [6.45, 7) is 3.76. The quantitative estimate of drug-likeness (QED) is 0.843. The van der Waals surface area contributed by atoms with Gasteiger partial charge in [-0.05, 0) is 37.6 Å². The number of rotatable bonds is 2. The number of benzene rings is 1. The first-order valence-corrected chi connectivity index (χ1v) is 5.61. The van der Waals surface area contributed by atoms with Crippen LogP contribution in [0.25, 0.3) is 0 Å². The number of nitriles is 1. The van der Waals surface area contributed by atoms with Crippen LogP contribution in [-0.2, 0) is 0 Å². The fourth-order valence-corrected chi connectivity index (χ4v) is 1.70. The maximum absolute atomic E-state index is 9.15. The molecule has 1 heterocycles. The molecule has 1 aromatic heterocycles. The molecule has 0 fully saturated rings. The van der Waals surface area contributed by atoms with Crippen LogP contribution in [0.5, 0.6) is 0 Å². The highest BCUT2D eigenvalue weighted by molar-refractivity contribution is 5.67. The second-order valence-electron chi connectivity index (χ2n) is 4.11. The lowest BCUT2D eigenvalue weighted by Gasteiger charge is -2.10. The summed E-state index contributed by atoms with van der Waals surface area (Å²) in [5.74, 6) is 0.684. The summed E-state index contributed by atoms with van der Waals surface area (Å²) in [5.41, 5.74) is 9.48. The van der Waals surface area contributed by atoms with E-state index in [-0.39, 0.29) is 0 Å². The summed E-state index contributed by atoms with van der Waals surface area (Å²) in [6.07, 6.45) is 0. The number of nitrogens with zero attached hydrogens (tertiary/aromatic N) is 2. The number of hydrogen-bond acceptors (Lipinski definition) is 4. The molecule has 0 amide bonds. The van der Waals surface area contributed by atoms with E-state index in [1.54, 1.807) is 12.1 Å². The molecule has 0 spiro atoms. The van der Waals surface area contributed by atoms with Crippen molar-refractivity contribution in [2.24, 2.45) is 0 Å². The Bertz CT molecular complexity index is 626. The van der Waals surface area contributed by atoms with E-state index in [4.69, 9.17) is 11.0 Å². The second-order valence-corrected chi connectivity index (χ2v) is 4.11.